The number of fused-ring (bicyclic) bond motifs is 3. The molecular weight excluding hydrogens is 276 g/mol. The molecule has 4 rings (SSSR count). The van der Waals surface area contributed by atoms with Gasteiger partial charge in [0.25, 0.3) is 0 Å². The van der Waals surface area contributed by atoms with Crippen LogP contribution in [-0.4, -0.2) is 11.0 Å². The fraction of sp³-hybridized carbons (Fsp3) is 0.500. The molecule has 1 N–H and O–H groups in total. The van der Waals surface area contributed by atoms with Crippen molar-refractivity contribution >= 4 is 11.3 Å². The third kappa shape index (κ3) is 2.65. The van der Waals surface area contributed by atoms with E-state index < -0.39 is 0 Å². The average molecular weight is 298 g/mol. The molecular formula is C18H22N2S. The van der Waals surface area contributed by atoms with Crippen molar-refractivity contribution in [1.82, 2.24) is 10.3 Å². The van der Waals surface area contributed by atoms with Crippen LogP contribution in [0.15, 0.2) is 30.5 Å². The predicted molar refractivity (Wildman–Crippen MR) is 87.5 cm³/mol. The van der Waals surface area contributed by atoms with E-state index in [0.29, 0.717) is 6.04 Å². The highest BCUT2D eigenvalue weighted by atomic mass is 32.1. The Labute approximate surface area is 130 Å². The van der Waals surface area contributed by atoms with Crippen LogP contribution in [0, 0.1) is 18.8 Å². The van der Waals surface area contributed by atoms with Crippen LogP contribution in [0.2, 0.25) is 0 Å². The molecule has 0 aliphatic heterocycles. The van der Waals surface area contributed by atoms with E-state index in [1.54, 1.807) is 11.1 Å². The summed E-state index contributed by atoms with van der Waals surface area (Å²) < 4.78 is 0. The molecule has 110 valence electrons. The number of nitrogens with zero attached hydrogens (tertiary/aromatic N) is 1. The zero-order chi connectivity index (χ0) is 14.2. The zero-order valence-electron chi connectivity index (χ0n) is 12.5. The van der Waals surface area contributed by atoms with Crippen LogP contribution in [0.1, 0.15) is 33.9 Å². The maximum Gasteiger partial charge on any atom is 0.0897 e. The molecule has 2 unspecified atom stereocenters. The fourth-order valence-corrected chi connectivity index (χ4v) is 4.94. The van der Waals surface area contributed by atoms with Crippen molar-refractivity contribution in [3.8, 4) is 0 Å². The quantitative estimate of drug-likeness (QED) is 0.934. The number of rotatable bonds is 3. The van der Waals surface area contributed by atoms with E-state index in [0.717, 1.165) is 18.4 Å². The molecule has 1 heterocycles. The van der Waals surface area contributed by atoms with E-state index in [9.17, 15) is 0 Å². The second-order valence-electron chi connectivity index (χ2n) is 6.53. The van der Waals surface area contributed by atoms with Gasteiger partial charge in [0.15, 0.2) is 0 Å². The standard InChI is InChI=1S/C18H22N2S/c1-12-19-10-17(21-12)11-20-18-15-6-7-16(18)9-14-5-3-2-4-13(14)8-15/h2-5,10,15-16,18,20H,6-9,11H2,1H3. The number of hydrogen-bond acceptors (Lipinski definition) is 3. The Morgan fingerprint density at radius 3 is 2.38 bits per heavy atom. The molecule has 21 heavy (non-hydrogen) atoms. The van der Waals surface area contributed by atoms with Gasteiger partial charge in [-0.15, -0.1) is 11.3 Å². The van der Waals surface area contributed by atoms with Gasteiger partial charge in [0, 0.05) is 23.7 Å². The number of aromatic nitrogens is 1. The van der Waals surface area contributed by atoms with Crippen molar-refractivity contribution in [1.29, 1.82) is 0 Å². The largest absolute Gasteiger partial charge is 0.308 e. The topological polar surface area (TPSA) is 24.9 Å². The highest BCUT2D eigenvalue weighted by Crippen LogP contribution is 2.40. The summed E-state index contributed by atoms with van der Waals surface area (Å²) in [5, 5.41) is 5.03. The van der Waals surface area contributed by atoms with Gasteiger partial charge in [-0.05, 0) is 55.6 Å². The third-order valence-electron chi connectivity index (χ3n) is 5.19. The monoisotopic (exact) mass is 298 g/mol. The first-order chi connectivity index (χ1) is 10.3. The molecule has 2 nitrogen and oxygen atoms in total. The molecule has 2 aliphatic rings. The van der Waals surface area contributed by atoms with Gasteiger partial charge in [-0.2, -0.15) is 0 Å². The van der Waals surface area contributed by atoms with Crippen LogP contribution in [0.4, 0.5) is 0 Å². The summed E-state index contributed by atoms with van der Waals surface area (Å²) in [5.41, 5.74) is 3.18. The fourth-order valence-electron chi connectivity index (χ4n) is 4.19. The van der Waals surface area contributed by atoms with E-state index in [-0.39, 0.29) is 0 Å². The molecule has 1 fully saturated rings. The summed E-state index contributed by atoms with van der Waals surface area (Å²) in [7, 11) is 0. The van der Waals surface area contributed by atoms with E-state index in [1.165, 1.54) is 35.6 Å². The second kappa shape index (κ2) is 5.54. The van der Waals surface area contributed by atoms with Crippen molar-refractivity contribution in [3.05, 3.63) is 51.5 Å². The average Bonchev–Trinajstić information content (AvgIpc) is 2.99. The molecule has 2 aliphatic carbocycles. The van der Waals surface area contributed by atoms with Crippen molar-refractivity contribution in [2.45, 2.75) is 45.2 Å². The maximum absolute atomic E-state index is 4.36. The van der Waals surface area contributed by atoms with Crippen LogP contribution >= 0.6 is 11.3 Å². The maximum atomic E-state index is 4.36. The predicted octanol–water partition coefficient (Wildman–Crippen LogP) is 3.73. The van der Waals surface area contributed by atoms with Crippen molar-refractivity contribution in [2.24, 2.45) is 11.8 Å². The van der Waals surface area contributed by atoms with Gasteiger partial charge in [0.2, 0.25) is 0 Å². The Bertz CT molecular complexity index is 601. The molecule has 1 saturated carbocycles. The molecule has 0 saturated heterocycles. The Kier molecular flexibility index (Phi) is 3.56. The Balaban J connectivity index is 1.50. The highest BCUT2D eigenvalue weighted by molar-refractivity contribution is 7.11. The van der Waals surface area contributed by atoms with Crippen LogP contribution < -0.4 is 5.32 Å². The number of benzene rings is 1. The summed E-state index contributed by atoms with van der Waals surface area (Å²) in [6.45, 7) is 3.07. The lowest BCUT2D eigenvalue weighted by molar-refractivity contribution is 0.341. The van der Waals surface area contributed by atoms with Crippen molar-refractivity contribution in [3.63, 3.8) is 0 Å². The molecule has 0 amide bonds. The van der Waals surface area contributed by atoms with E-state index in [4.69, 9.17) is 0 Å². The smallest absolute Gasteiger partial charge is 0.0897 e. The summed E-state index contributed by atoms with van der Waals surface area (Å²) in [6, 6.07) is 9.74. The van der Waals surface area contributed by atoms with Gasteiger partial charge in [-0.1, -0.05) is 24.3 Å². The molecule has 0 spiro atoms. The van der Waals surface area contributed by atoms with Gasteiger partial charge in [0.1, 0.15) is 0 Å². The highest BCUT2D eigenvalue weighted by Gasteiger charge is 2.38. The van der Waals surface area contributed by atoms with E-state index in [1.807, 2.05) is 17.5 Å². The first-order valence-corrected chi connectivity index (χ1v) is 8.83. The van der Waals surface area contributed by atoms with Crippen LogP contribution in [0.3, 0.4) is 0 Å². The van der Waals surface area contributed by atoms with Crippen molar-refractivity contribution in [2.75, 3.05) is 0 Å². The number of hydrogen-bond donors (Lipinski definition) is 1. The minimum absolute atomic E-state index is 0.680. The second-order valence-corrected chi connectivity index (χ2v) is 7.85. The molecule has 1 aromatic heterocycles. The lowest BCUT2D eigenvalue weighted by Crippen LogP contribution is -2.37. The minimum atomic E-state index is 0.680. The molecule has 3 heteroatoms. The number of aryl methyl sites for hydroxylation is 1. The number of thiazole rings is 1. The number of nitrogens with one attached hydrogen (secondary N) is 1. The van der Waals surface area contributed by atoms with Gasteiger partial charge in [-0.25, -0.2) is 4.98 Å². The summed E-state index contributed by atoms with van der Waals surface area (Å²) in [6.07, 6.45) is 7.31. The van der Waals surface area contributed by atoms with Crippen molar-refractivity contribution < 1.29 is 0 Å². The zero-order valence-corrected chi connectivity index (χ0v) is 13.3. The first kappa shape index (κ1) is 13.5. The lowest BCUT2D eigenvalue weighted by Gasteiger charge is -2.23. The van der Waals surface area contributed by atoms with Crippen LogP contribution in [0.25, 0.3) is 0 Å². The summed E-state index contributed by atoms with van der Waals surface area (Å²) >= 11 is 1.82. The SMILES string of the molecule is Cc1ncc(CNC2C3CCC2Cc2ccccc2C3)s1. The minimum Gasteiger partial charge on any atom is -0.308 e. The van der Waals surface area contributed by atoms with E-state index in [2.05, 4.69) is 41.5 Å². The molecule has 2 aromatic rings. The van der Waals surface area contributed by atoms with E-state index >= 15 is 0 Å². The lowest BCUT2D eigenvalue weighted by atomic mass is 9.94. The van der Waals surface area contributed by atoms with Gasteiger partial charge in [-0.3, -0.25) is 0 Å². The Hall–Kier alpha value is -1.19. The van der Waals surface area contributed by atoms with Gasteiger partial charge in [0.05, 0.1) is 5.01 Å². The molecule has 1 aromatic carbocycles. The normalized spacial score (nSPS) is 27.4. The van der Waals surface area contributed by atoms with Gasteiger partial charge < -0.3 is 5.32 Å². The molecule has 2 bridgehead atoms. The van der Waals surface area contributed by atoms with Crippen LogP contribution in [0.5, 0.6) is 0 Å². The first-order valence-electron chi connectivity index (χ1n) is 8.01. The summed E-state index contributed by atoms with van der Waals surface area (Å²) in [4.78, 5) is 5.73. The van der Waals surface area contributed by atoms with Gasteiger partial charge >= 0.3 is 0 Å². The summed E-state index contributed by atoms with van der Waals surface area (Å²) in [5.74, 6) is 1.63. The molecule has 0 radical (unpaired) electrons. The Morgan fingerprint density at radius 1 is 1.14 bits per heavy atom. The third-order valence-corrected chi connectivity index (χ3v) is 6.10. The Morgan fingerprint density at radius 2 is 1.81 bits per heavy atom. The van der Waals surface area contributed by atoms with Crippen LogP contribution in [-0.2, 0) is 19.4 Å². The molecule has 2 atom stereocenters.